The summed E-state index contributed by atoms with van der Waals surface area (Å²) in [5.41, 5.74) is 8.98. The standard InChI is InChI=1S/C7H16N2O3/c1-7(9,6(11)12)5(10)3-2-4-8/h5,10H,2-4,8-9H2,1H3,(H,11,12)/t5?,7-/m0/s1. The maximum atomic E-state index is 10.5. The summed E-state index contributed by atoms with van der Waals surface area (Å²) in [6, 6.07) is 0. The topological polar surface area (TPSA) is 110 Å². The first kappa shape index (κ1) is 11.4. The second-order valence-corrected chi connectivity index (χ2v) is 3.03. The van der Waals surface area contributed by atoms with Crippen molar-refractivity contribution in [2.24, 2.45) is 11.5 Å². The molecule has 0 aromatic rings. The minimum atomic E-state index is -1.57. The van der Waals surface area contributed by atoms with E-state index >= 15 is 0 Å². The number of hydrogen-bond donors (Lipinski definition) is 4. The molecule has 0 rings (SSSR count). The fourth-order valence-electron chi connectivity index (χ4n) is 0.754. The Morgan fingerprint density at radius 2 is 2.17 bits per heavy atom. The smallest absolute Gasteiger partial charge is 0.326 e. The van der Waals surface area contributed by atoms with Gasteiger partial charge in [0.15, 0.2) is 0 Å². The van der Waals surface area contributed by atoms with Crippen LogP contribution in [0.25, 0.3) is 0 Å². The van der Waals surface area contributed by atoms with Crippen LogP contribution in [0.5, 0.6) is 0 Å². The first-order valence-electron chi connectivity index (χ1n) is 3.83. The van der Waals surface area contributed by atoms with Crippen molar-refractivity contribution in [1.29, 1.82) is 0 Å². The Kier molecular flexibility index (Phi) is 4.16. The lowest BCUT2D eigenvalue weighted by Gasteiger charge is -2.25. The fraction of sp³-hybridized carbons (Fsp3) is 0.857. The van der Waals surface area contributed by atoms with Crippen LogP contribution in [0.2, 0.25) is 0 Å². The number of carboxylic acids is 1. The van der Waals surface area contributed by atoms with Gasteiger partial charge in [0.1, 0.15) is 5.54 Å². The van der Waals surface area contributed by atoms with Crippen molar-refractivity contribution in [3.8, 4) is 0 Å². The van der Waals surface area contributed by atoms with Crippen molar-refractivity contribution in [3.05, 3.63) is 0 Å². The Morgan fingerprint density at radius 1 is 1.67 bits per heavy atom. The van der Waals surface area contributed by atoms with Gasteiger partial charge in [-0.1, -0.05) is 0 Å². The lowest BCUT2D eigenvalue weighted by molar-refractivity contribution is -0.147. The molecule has 6 N–H and O–H groups in total. The maximum absolute atomic E-state index is 10.5. The van der Waals surface area contributed by atoms with E-state index < -0.39 is 17.6 Å². The van der Waals surface area contributed by atoms with Crippen LogP contribution in [0, 0.1) is 0 Å². The fourth-order valence-corrected chi connectivity index (χ4v) is 0.754. The van der Waals surface area contributed by atoms with Crippen LogP contribution in [0.1, 0.15) is 19.8 Å². The van der Waals surface area contributed by atoms with E-state index in [1.54, 1.807) is 0 Å². The number of hydrogen-bond acceptors (Lipinski definition) is 4. The number of carboxylic acid groups (broad SMARTS) is 1. The number of aliphatic hydroxyl groups is 1. The highest BCUT2D eigenvalue weighted by atomic mass is 16.4. The molecule has 12 heavy (non-hydrogen) atoms. The Hall–Kier alpha value is -0.650. The Balaban J connectivity index is 4.06. The molecule has 0 saturated carbocycles. The molecule has 0 amide bonds. The molecular weight excluding hydrogens is 160 g/mol. The van der Waals surface area contributed by atoms with Crippen molar-refractivity contribution in [1.82, 2.24) is 0 Å². The molecule has 0 bridgehead atoms. The quantitative estimate of drug-likeness (QED) is 0.424. The average Bonchev–Trinajstić information content (AvgIpc) is 1.99. The molecule has 0 spiro atoms. The summed E-state index contributed by atoms with van der Waals surface area (Å²) in [4.78, 5) is 10.5. The van der Waals surface area contributed by atoms with Gasteiger partial charge in [-0.05, 0) is 26.3 Å². The second-order valence-electron chi connectivity index (χ2n) is 3.03. The van der Waals surface area contributed by atoms with E-state index in [-0.39, 0.29) is 0 Å². The average molecular weight is 176 g/mol. The van der Waals surface area contributed by atoms with Gasteiger partial charge in [-0.3, -0.25) is 4.79 Å². The molecule has 0 aliphatic heterocycles. The van der Waals surface area contributed by atoms with E-state index in [1.807, 2.05) is 0 Å². The molecule has 5 nitrogen and oxygen atoms in total. The molecule has 0 aromatic carbocycles. The third kappa shape index (κ3) is 2.77. The molecule has 0 aromatic heterocycles. The van der Waals surface area contributed by atoms with Gasteiger partial charge < -0.3 is 21.7 Å². The van der Waals surface area contributed by atoms with Crippen molar-refractivity contribution in [2.45, 2.75) is 31.4 Å². The summed E-state index contributed by atoms with van der Waals surface area (Å²) < 4.78 is 0. The highest BCUT2D eigenvalue weighted by molar-refractivity contribution is 5.78. The molecule has 5 heteroatoms. The number of carbonyl (C=O) groups is 1. The van der Waals surface area contributed by atoms with Crippen molar-refractivity contribution in [2.75, 3.05) is 6.54 Å². The normalized spacial score (nSPS) is 18.3. The van der Waals surface area contributed by atoms with Crippen molar-refractivity contribution in [3.63, 3.8) is 0 Å². The first-order chi connectivity index (χ1) is 5.42. The highest BCUT2D eigenvalue weighted by Crippen LogP contribution is 2.11. The molecular formula is C7H16N2O3. The van der Waals surface area contributed by atoms with Gasteiger partial charge in [0.05, 0.1) is 6.10 Å². The Bertz CT molecular complexity index is 159. The summed E-state index contributed by atoms with van der Waals surface area (Å²) in [6.45, 7) is 1.71. The summed E-state index contributed by atoms with van der Waals surface area (Å²) in [5.74, 6) is -1.20. The van der Waals surface area contributed by atoms with Crippen molar-refractivity contribution >= 4 is 5.97 Å². The summed E-state index contributed by atoms with van der Waals surface area (Å²) in [5, 5.41) is 17.9. The number of aliphatic carboxylic acids is 1. The minimum Gasteiger partial charge on any atom is -0.480 e. The molecule has 0 aliphatic carbocycles. The first-order valence-corrected chi connectivity index (χ1v) is 3.83. The predicted molar refractivity (Wildman–Crippen MR) is 44.5 cm³/mol. The molecule has 0 aliphatic rings. The van der Waals surface area contributed by atoms with Crippen LogP contribution < -0.4 is 11.5 Å². The molecule has 0 fully saturated rings. The lowest BCUT2D eigenvalue weighted by atomic mass is 9.93. The van der Waals surface area contributed by atoms with Gasteiger partial charge >= 0.3 is 5.97 Å². The molecule has 1 unspecified atom stereocenters. The van der Waals surface area contributed by atoms with E-state index in [9.17, 15) is 9.90 Å². The van der Waals surface area contributed by atoms with Crippen LogP contribution in [0.4, 0.5) is 0 Å². The van der Waals surface area contributed by atoms with Crippen LogP contribution in [0.3, 0.4) is 0 Å². The predicted octanol–water partition coefficient (Wildman–Crippen LogP) is -1.11. The molecule has 0 heterocycles. The summed E-state index contributed by atoms with van der Waals surface area (Å²) in [7, 11) is 0. The van der Waals surface area contributed by atoms with Gasteiger partial charge in [-0.15, -0.1) is 0 Å². The number of rotatable bonds is 5. The van der Waals surface area contributed by atoms with E-state index in [4.69, 9.17) is 16.6 Å². The second kappa shape index (κ2) is 4.39. The van der Waals surface area contributed by atoms with Gasteiger partial charge in [0.25, 0.3) is 0 Å². The highest BCUT2D eigenvalue weighted by Gasteiger charge is 2.35. The number of aliphatic hydroxyl groups excluding tert-OH is 1. The van der Waals surface area contributed by atoms with E-state index in [0.29, 0.717) is 19.4 Å². The largest absolute Gasteiger partial charge is 0.480 e. The Morgan fingerprint density at radius 3 is 2.50 bits per heavy atom. The van der Waals surface area contributed by atoms with E-state index in [2.05, 4.69) is 0 Å². The maximum Gasteiger partial charge on any atom is 0.326 e. The van der Waals surface area contributed by atoms with Crippen molar-refractivity contribution < 1.29 is 15.0 Å². The van der Waals surface area contributed by atoms with Crippen LogP contribution in [-0.2, 0) is 4.79 Å². The SMILES string of the molecule is C[C@@](N)(C(=O)O)C(O)CCCN. The molecule has 0 radical (unpaired) electrons. The molecule has 2 atom stereocenters. The monoisotopic (exact) mass is 176 g/mol. The zero-order chi connectivity index (χ0) is 9.78. The van der Waals surface area contributed by atoms with E-state index in [0.717, 1.165) is 0 Å². The third-order valence-corrected chi connectivity index (χ3v) is 1.83. The van der Waals surface area contributed by atoms with Gasteiger partial charge in [0.2, 0.25) is 0 Å². The zero-order valence-electron chi connectivity index (χ0n) is 7.16. The summed E-state index contributed by atoms with van der Waals surface area (Å²) in [6.07, 6.45) is -0.157. The van der Waals surface area contributed by atoms with Gasteiger partial charge in [-0.2, -0.15) is 0 Å². The number of nitrogens with two attached hydrogens (primary N) is 2. The molecule has 0 saturated heterocycles. The van der Waals surface area contributed by atoms with E-state index in [1.165, 1.54) is 6.92 Å². The lowest BCUT2D eigenvalue weighted by Crippen LogP contribution is -2.54. The Labute approximate surface area is 71.4 Å². The third-order valence-electron chi connectivity index (χ3n) is 1.83. The van der Waals surface area contributed by atoms with Gasteiger partial charge in [-0.25, -0.2) is 0 Å². The van der Waals surface area contributed by atoms with Crippen LogP contribution in [-0.4, -0.2) is 34.4 Å². The minimum absolute atomic E-state index is 0.315. The van der Waals surface area contributed by atoms with Gasteiger partial charge in [0, 0.05) is 0 Å². The molecule has 72 valence electrons. The zero-order valence-corrected chi connectivity index (χ0v) is 7.16. The van der Waals surface area contributed by atoms with Crippen LogP contribution in [0.15, 0.2) is 0 Å². The summed E-state index contributed by atoms with van der Waals surface area (Å²) >= 11 is 0. The van der Waals surface area contributed by atoms with Crippen LogP contribution >= 0.6 is 0 Å².